The van der Waals surface area contributed by atoms with Crippen molar-refractivity contribution in [3.63, 3.8) is 0 Å². The molecule has 0 fully saturated rings. The molecule has 0 amide bonds. The second-order valence-electron chi connectivity index (χ2n) is 4.22. The van der Waals surface area contributed by atoms with Gasteiger partial charge in [-0.2, -0.15) is 0 Å². The fraction of sp³-hybridized carbons (Fsp3) is 0. The van der Waals surface area contributed by atoms with Crippen LogP contribution in [-0.4, -0.2) is 25.7 Å². The molecule has 5 nitrogen and oxygen atoms in total. The molecule has 106 valence electrons. The molecule has 3 rings (SSSR count). The first-order valence-corrected chi connectivity index (χ1v) is 7.67. The minimum atomic E-state index is -1.06. The van der Waals surface area contributed by atoms with Crippen molar-refractivity contribution < 1.29 is 9.90 Å². The number of nitrogens with zero attached hydrogens (tertiary/aromatic N) is 3. The lowest BCUT2D eigenvalue weighted by Crippen LogP contribution is -2.00. The van der Waals surface area contributed by atoms with Gasteiger partial charge in [-0.15, -0.1) is 10.2 Å². The van der Waals surface area contributed by atoms with E-state index in [1.165, 1.54) is 12.3 Å². The van der Waals surface area contributed by atoms with Crippen molar-refractivity contribution in [3.05, 3.63) is 50.0 Å². The maximum Gasteiger partial charge on any atom is 0.337 e. The number of benzene rings is 1. The van der Waals surface area contributed by atoms with Gasteiger partial charge in [0.25, 0.3) is 0 Å². The van der Waals surface area contributed by atoms with Gasteiger partial charge in [-0.05, 0) is 24.3 Å². The number of hydrogen-bond acceptors (Lipinski definition) is 3. The minimum Gasteiger partial charge on any atom is -0.478 e. The molecule has 0 aliphatic carbocycles. The molecule has 1 N–H and O–H groups in total. The molecule has 0 saturated heterocycles. The quantitative estimate of drug-likeness (QED) is 0.658. The van der Waals surface area contributed by atoms with Crippen LogP contribution in [0, 0.1) is 0 Å². The third kappa shape index (κ3) is 2.56. The van der Waals surface area contributed by atoms with Crippen LogP contribution in [0.1, 0.15) is 10.4 Å². The first-order valence-electron chi connectivity index (χ1n) is 5.70. The molecule has 0 spiro atoms. The molecule has 0 saturated carbocycles. The van der Waals surface area contributed by atoms with Crippen LogP contribution in [0.15, 0.2) is 39.4 Å². The smallest absolute Gasteiger partial charge is 0.337 e. The zero-order valence-corrected chi connectivity index (χ0v) is 14.1. The predicted molar refractivity (Wildman–Crippen MR) is 85.8 cm³/mol. The molecule has 0 atom stereocenters. The zero-order valence-electron chi connectivity index (χ0n) is 10.2. The first-order chi connectivity index (χ1) is 9.97. The number of carboxylic acids is 1. The molecule has 1 aromatic carbocycles. The highest BCUT2D eigenvalue weighted by atomic mass is 79.9. The average molecular weight is 431 g/mol. The van der Waals surface area contributed by atoms with Crippen molar-refractivity contribution in [3.8, 4) is 11.4 Å². The van der Waals surface area contributed by atoms with Crippen molar-refractivity contribution in [1.29, 1.82) is 0 Å². The highest BCUT2D eigenvalue weighted by molar-refractivity contribution is 9.11. The van der Waals surface area contributed by atoms with Crippen LogP contribution in [0.25, 0.3) is 17.0 Å². The summed E-state index contributed by atoms with van der Waals surface area (Å²) in [5.74, 6) is -0.560. The maximum atomic E-state index is 11.2. The Labute approximate surface area is 140 Å². The standard InChI is InChI=1S/C13H6Br2ClN3O2/c14-7-1-2-9(15)8(4-7)11-17-18-12-10(16)3-6(13(20)21)5-19(11)12/h1-5H,(H,20,21). The molecule has 21 heavy (non-hydrogen) atoms. The van der Waals surface area contributed by atoms with Gasteiger partial charge in [0.1, 0.15) is 0 Å². The summed E-state index contributed by atoms with van der Waals surface area (Å²) in [6.45, 7) is 0. The van der Waals surface area contributed by atoms with E-state index in [-0.39, 0.29) is 10.6 Å². The first kappa shape index (κ1) is 14.5. The predicted octanol–water partition coefficient (Wildman–Crippen LogP) is 4.27. The van der Waals surface area contributed by atoms with E-state index < -0.39 is 5.97 Å². The molecule has 0 aliphatic heterocycles. The van der Waals surface area contributed by atoms with E-state index in [0.717, 1.165) is 14.5 Å². The highest BCUT2D eigenvalue weighted by Gasteiger charge is 2.16. The lowest BCUT2D eigenvalue weighted by atomic mass is 10.2. The van der Waals surface area contributed by atoms with E-state index in [1.807, 2.05) is 18.2 Å². The summed E-state index contributed by atoms with van der Waals surface area (Å²) < 4.78 is 3.26. The Balaban J connectivity index is 2.33. The van der Waals surface area contributed by atoms with Gasteiger partial charge in [0, 0.05) is 20.7 Å². The number of hydrogen-bond donors (Lipinski definition) is 1. The van der Waals surface area contributed by atoms with Crippen molar-refractivity contribution in [1.82, 2.24) is 14.6 Å². The molecule has 8 heteroatoms. The Kier molecular flexibility index (Phi) is 3.73. The number of carbonyl (C=O) groups is 1. The summed E-state index contributed by atoms with van der Waals surface area (Å²) in [4.78, 5) is 11.2. The second kappa shape index (κ2) is 5.40. The van der Waals surface area contributed by atoms with Gasteiger partial charge in [0.05, 0.1) is 10.6 Å². The van der Waals surface area contributed by atoms with E-state index in [4.69, 9.17) is 16.7 Å². The van der Waals surface area contributed by atoms with Gasteiger partial charge in [0.15, 0.2) is 11.5 Å². The van der Waals surface area contributed by atoms with Gasteiger partial charge in [-0.3, -0.25) is 4.40 Å². The fourth-order valence-corrected chi connectivity index (χ4v) is 2.95. The van der Waals surface area contributed by atoms with Crippen molar-refractivity contribution in [2.24, 2.45) is 0 Å². The third-order valence-electron chi connectivity index (χ3n) is 2.88. The topological polar surface area (TPSA) is 67.5 Å². The summed E-state index contributed by atoms with van der Waals surface area (Å²) in [5, 5.41) is 17.5. The highest BCUT2D eigenvalue weighted by Crippen LogP contribution is 2.31. The van der Waals surface area contributed by atoms with Crippen LogP contribution in [0.5, 0.6) is 0 Å². The summed E-state index contributed by atoms with van der Waals surface area (Å²) in [7, 11) is 0. The summed E-state index contributed by atoms with van der Waals surface area (Å²) in [6.07, 6.45) is 1.45. The van der Waals surface area contributed by atoms with Crippen LogP contribution < -0.4 is 0 Å². The van der Waals surface area contributed by atoms with Crippen LogP contribution >= 0.6 is 43.5 Å². The van der Waals surface area contributed by atoms with Crippen LogP contribution in [0.3, 0.4) is 0 Å². The Hall–Kier alpha value is -1.44. The van der Waals surface area contributed by atoms with Crippen LogP contribution in [0.4, 0.5) is 0 Å². The van der Waals surface area contributed by atoms with Crippen molar-refractivity contribution in [2.75, 3.05) is 0 Å². The number of aromatic nitrogens is 3. The van der Waals surface area contributed by atoms with Gasteiger partial charge in [0.2, 0.25) is 0 Å². The Morgan fingerprint density at radius 3 is 2.71 bits per heavy atom. The largest absolute Gasteiger partial charge is 0.478 e. The lowest BCUT2D eigenvalue weighted by molar-refractivity contribution is 0.0696. The molecule has 0 radical (unpaired) electrons. The number of halogens is 3. The molecule has 3 aromatic rings. The molecule has 0 aliphatic rings. The van der Waals surface area contributed by atoms with E-state index in [0.29, 0.717) is 11.5 Å². The number of fused-ring (bicyclic) bond motifs is 1. The minimum absolute atomic E-state index is 0.0691. The van der Waals surface area contributed by atoms with E-state index in [9.17, 15) is 4.79 Å². The second-order valence-corrected chi connectivity index (χ2v) is 6.40. The maximum absolute atomic E-state index is 11.2. The Morgan fingerprint density at radius 1 is 1.24 bits per heavy atom. The molecule has 0 bridgehead atoms. The van der Waals surface area contributed by atoms with Gasteiger partial charge >= 0.3 is 5.97 Å². The summed E-state index contributed by atoms with van der Waals surface area (Å²) >= 11 is 12.9. The van der Waals surface area contributed by atoms with E-state index in [2.05, 4.69) is 42.1 Å². The van der Waals surface area contributed by atoms with Crippen LogP contribution in [-0.2, 0) is 0 Å². The number of rotatable bonds is 2. The molecular weight excluding hydrogens is 425 g/mol. The Bertz CT molecular complexity index is 879. The summed E-state index contributed by atoms with van der Waals surface area (Å²) in [6, 6.07) is 6.96. The number of pyridine rings is 1. The monoisotopic (exact) mass is 429 g/mol. The van der Waals surface area contributed by atoms with Crippen LogP contribution in [0.2, 0.25) is 5.02 Å². The molecule has 0 unspecified atom stereocenters. The van der Waals surface area contributed by atoms with Crippen molar-refractivity contribution in [2.45, 2.75) is 0 Å². The van der Waals surface area contributed by atoms with E-state index in [1.54, 1.807) is 4.40 Å². The molecule has 2 heterocycles. The van der Waals surface area contributed by atoms with E-state index >= 15 is 0 Å². The normalized spacial score (nSPS) is 11.0. The number of aromatic carboxylic acids is 1. The molecule has 2 aromatic heterocycles. The fourth-order valence-electron chi connectivity index (χ4n) is 1.92. The summed E-state index contributed by atoms with van der Waals surface area (Å²) in [5.41, 5.74) is 1.25. The lowest BCUT2D eigenvalue weighted by Gasteiger charge is -2.05. The number of carboxylic acid groups (broad SMARTS) is 1. The van der Waals surface area contributed by atoms with Gasteiger partial charge in [-0.1, -0.05) is 43.5 Å². The SMILES string of the molecule is O=C(O)c1cc(Cl)c2nnc(-c3cc(Br)ccc3Br)n2c1. The Morgan fingerprint density at radius 2 is 2.00 bits per heavy atom. The molecular formula is C13H6Br2ClN3O2. The van der Waals surface area contributed by atoms with Gasteiger partial charge < -0.3 is 5.11 Å². The van der Waals surface area contributed by atoms with Crippen molar-refractivity contribution >= 4 is 55.1 Å². The zero-order chi connectivity index (χ0) is 15.1. The average Bonchev–Trinajstić information content (AvgIpc) is 2.85. The third-order valence-corrected chi connectivity index (χ3v) is 4.34. The van der Waals surface area contributed by atoms with Gasteiger partial charge in [-0.25, -0.2) is 4.79 Å².